The summed E-state index contributed by atoms with van der Waals surface area (Å²) in [7, 11) is 0. The minimum atomic E-state index is -0.225. The fourth-order valence-corrected chi connectivity index (χ4v) is 3.65. The summed E-state index contributed by atoms with van der Waals surface area (Å²) in [5.74, 6) is 0.206. The molecule has 0 aliphatic carbocycles. The van der Waals surface area contributed by atoms with Crippen LogP contribution in [-0.2, 0) is 11.2 Å². The number of hydrogen-bond acceptors (Lipinski definition) is 4. The lowest BCUT2D eigenvalue weighted by Gasteiger charge is -2.38. The van der Waals surface area contributed by atoms with Gasteiger partial charge in [0.25, 0.3) is 0 Å². The SMILES string of the molecule is CCN1CCCC(C)(C(=O)NCCc2scnc2C)C1. The maximum Gasteiger partial charge on any atom is 0.227 e. The van der Waals surface area contributed by atoms with Gasteiger partial charge in [0.05, 0.1) is 16.6 Å². The van der Waals surface area contributed by atoms with Crippen LogP contribution >= 0.6 is 11.3 Å². The van der Waals surface area contributed by atoms with E-state index in [0.717, 1.165) is 44.6 Å². The van der Waals surface area contributed by atoms with E-state index in [9.17, 15) is 4.79 Å². The molecule has 1 N–H and O–H groups in total. The van der Waals surface area contributed by atoms with Crippen LogP contribution in [0.5, 0.6) is 0 Å². The first-order valence-corrected chi connectivity index (χ1v) is 8.33. The van der Waals surface area contributed by atoms with E-state index in [1.807, 2.05) is 12.4 Å². The molecular formula is C15H25N3OS. The van der Waals surface area contributed by atoms with Crippen molar-refractivity contribution in [2.75, 3.05) is 26.2 Å². The van der Waals surface area contributed by atoms with Gasteiger partial charge in [0.1, 0.15) is 0 Å². The Hall–Kier alpha value is -0.940. The molecule has 2 heterocycles. The van der Waals surface area contributed by atoms with Crippen molar-refractivity contribution in [3.8, 4) is 0 Å². The van der Waals surface area contributed by atoms with Gasteiger partial charge in [0.15, 0.2) is 0 Å². The Morgan fingerprint density at radius 2 is 2.40 bits per heavy atom. The molecule has 1 aliphatic rings. The van der Waals surface area contributed by atoms with E-state index in [1.165, 1.54) is 4.88 Å². The van der Waals surface area contributed by atoms with Crippen molar-refractivity contribution in [2.24, 2.45) is 5.41 Å². The summed E-state index contributed by atoms with van der Waals surface area (Å²) < 4.78 is 0. The topological polar surface area (TPSA) is 45.2 Å². The minimum Gasteiger partial charge on any atom is -0.355 e. The van der Waals surface area contributed by atoms with Gasteiger partial charge in [0, 0.05) is 24.4 Å². The molecule has 20 heavy (non-hydrogen) atoms. The average Bonchev–Trinajstić information content (AvgIpc) is 2.84. The number of thiazole rings is 1. The molecule has 0 spiro atoms. The molecule has 1 fully saturated rings. The Morgan fingerprint density at radius 3 is 3.05 bits per heavy atom. The summed E-state index contributed by atoms with van der Waals surface area (Å²) in [5, 5.41) is 3.12. The number of hydrogen-bond donors (Lipinski definition) is 1. The van der Waals surface area contributed by atoms with Gasteiger partial charge in [0.2, 0.25) is 5.91 Å². The molecule has 1 aromatic heterocycles. The van der Waals surface area contributed by atoms with Crippen LogP contribution in [0.4, 0.5) is 0 Å². The van der Waals surface area contributed by atoms with Gasteiger partial charge in [-0.3, -0.25) is 4.79 Å². The van der Waals surface area contributed by atoms with Crippen LogP contribution in [0.2, 0.25) is 0 Å². The number of nitrogens with zero attached hydrogens (tertiary/aromatic N) is 2. The second-order valence-electron chi connectivity index (χ2n) is 5.90. The van der Waals surface area contributed by atoms with Crippen molar-refractivity contribution in [3.05, 3.63) is 16.1 Å². The number of rotatable bonds is 5. The molecular weight excluding hydrogens is 270 g/mol. The number of aromatic nitrogens is 1. The van der Waals surface area contributed by atoms with Crippen molar-refractivity contribution < 1.29 is 4.79 Å². The Kier molecular flexibility index (Phi) is 5.16. The summed E-state index contributed by atoms with van der Waals surface area (Å²) in [4.78, 5) is 20.3. The van der Waals surface area contributed by atoms with Crippen LogP contribution in [0, 0.1) is 12.3 Å². The molecule has 0 aromatic carbocycles. The zero-order valence-corrected chi connectivity index (χ0v) is 13.6. The van der Waals surface area contributed by atoms with Gasteiger partial charge < -0.3 is 10.2 Å². The van der Waals surface area contributed by atoms with Gasteiger partial charge in [-0.2, -0.15) is 0 Å². The zero-order valence-electron chi connectivity index (χ0n) is 12.7. The van der Waals surface area contributed by atoms with E-state index in [-0.39, 0.29) is 11.3 Å². The summed E-state index contributed by atoms with van der Waals surface area (Å²) >= 11 is 1.67. The lowest BCUT2D eigenvalue weighted by molar-refractivity contribution is -0.133. The van der Waals surface area contributed by atoms with E-state index in [0.29, 0.717) is 6.54 Å². The number of nitrogens with one attached hydrogen (secondary N) is 1. The average molecular weight is 295 g/mol. The molecule has 1 amide bonds. The largest absolute Gasteiger partial charge is 0.355 e. The number of aryl methyl sites for hydroxylation is 1. The first-order chi connectivity index (χ1) is 9.55. The van der Waals surface area contributed by atoms with E-state index in [1.54, 1.807) is 11.3 Å². The lowest BCUT2D eigenvalue weighted by atomic mass is 9.81. The molecule has 1 saturated heterocycles. The summed E-state index contributed by atoms with van der Waals surface area (Å²) in [6, 6.07) is 0. The Bertz CT molecular complexity index is 460. The first-order valence-electron chi connectivity index (χ1n) is 7.45. The number of carbonyl (C=O) groups is 1. The third-order valence-electron chi connectivity index (χ3n) is 4.25. The van der Waals surface area contributed by atoms with Gasteiger partial charge in [-0.25, -0.2) is 4.98 Å². The highest BCUT2D eigenvalue weighted by atomic mass is 32.1. The van der Waals surface area contributed by atoms with Crippen LogP contribution in [-0.4, -0.2) is 42.0 Å². The number of likely N-dealkylation sites (tertiary alicyclic amines) is 1. The number of carbonyl (C=O) groups excluding carboxylic acids is 1. The maximum atomic E-state index is 12.4. The third-order valence-corrected chi connectivity index (χ3v) is 5.25. The molecule has 1 aromatic rings. The van der Waals surface area contributed by atoms with E-state index >= 15 is 0 Å². The second-order valence-corrected chi connectivity index (χ2v) is 6.84. The zero-order chi connectivity index (χ0) is 14.6. The molecule has 0 radical (unpaired) electrons. The summed E-state index contributed by atoms with van der Waals surface area (Å²) in [6.07, 6.45) is 3.00. The van der Waals surface area contributed by atoms with Gasteiger partial charge >= 0.3 is 0 Å². The van der Waals surface area contributed by atoms with Crippen LogP contribution in [0.25, 0.3) is 0 Å². The highest BCUT2D eigenvalue weighted by Gasteiger charge is 2.36. The van der Waals surface area contributed by atoms with E-state index in [4.69, 9.17) is 0 Å². The molecule has 1 unspecified atom stereocenters. The van der Waals surface area contributed by atoms with Crippen LogP contribution < -0.4 is 5.32 Å². The molecule has 5 heteroatoms. The molecule has 112 valence electrons. The fourth-order valence-electron chi connectivity index (χ4n) is 2.87. The maximum absolute atomic E-state index is 12.4. The third kappa shape index (κ3) is 3.58. The van der Waals surface area contributed by atoms with Gasteiger partial charge in [-0.05, 0) is 39.8 Å². The van der Waals surface area contributed by atoms with E-state index in [2.05, 4.69) is 29.0 Å². The van der Waals surface area contributed by atoms with Crippen LogP contribution in [0.1, 0.15) is 37.3 Å². The van der Waals surface area contributed by atoms with Crippen molar-refractivity contribution in [1.82, 2.24) is 15.2 Å². The Morgan fingerprint density at radius 1 is 1.60 bits per heavy atom. The summed E-state index contributed by atoms with van der Waals surface area (Å²) in [6.45, 7) is 10.0. The molecule has 1 atom stereocenters. The second kappa shape index (κ2) is 6.68. The van der Waals surface area contributed by atoms with Crippen molar-refractivity contribution in [1.29, 1.82) is 0 Å². The van der Waals surface area contributed by atoms with Gasteiger partial charge in [-0.1, -0.05) is 6.92 Å². The van der Waals surface area contributed by atoms with E-state index < -0.39 is 0 Å². The first kappa shape index (κ1) is 15.4. The predicted molar refractivity (Wildman–Crippen MR) is 83.0 cm³/mol. The molecule has 0 bridgehead atoms. The van der Waals surface area contributed by atoms with Crippen LogP contribution in [0.15, 0.2) is 5.51 Å². The Balaban J connectivity index is 1.83. The lowest BCUT2D eigenvalue weighted by Crippen LogP contribution is -2.50. The number of piperidine rings is 1. The van der Waals surface area contributed by atoms with Crippen molar-refractivity contribution in [3.63, 3.8) is 0 Å². The smallest absolute Gasteiger partial charge is 0.227 e. The predicted octanol–water partition coefficient (Wildman–Crippen LogP) is 2.23. The molecule has 0 saturated carbocycles. The highest BCUT2D eigenvalue weighted by Crippen LogP contribution is 2.29. The van der Waals surface area contributed by atoms with Gasteiger partial charge in [-0.15, -0.1) is 11.3 Å². The minimum absolute atomic E-state index is 0.206. The van der Waals surface area contributed by atoms with Crippen molar-refractivity contribution >= 4 is 17.2 Å². The normalized spacial score (nSPS) is 23.8. The molecule has 2 rings (SSSR count). The molecule has 1 aliphatic heterocycles. The summed E-state index contributed by atoms with van der Waals surface area (Å²) in [5.41, 5.74) is 2.73. The monoisotopic (exact) mass is 295 g/mol. The number of amides is 1. The highest BCUT2D eigenvalue weighted by molar-refractivity contribution is 7.09. The van der Waals surface area contributed by atoms with Crippen molar-refractivity contribution in [2.45, 2.75) is 40.0 Å². The Labute approximate surface area is 125 Å². The quantitative estimate of drug-likeness (QED) is 0.906. The molecule has 4 nitrogen and oxygen atoms in total. The fraction of sp³-hybridized carbons (Fsp3) is 0.733. The van der Waals surface area contributed by atoms with Crippen LogP contribution in [0.3, 0.4) is 0 Å². The standard InChI is InChI=1S/C15H25N3OS/c1-4-18-9-5-7-15(3,10-18)14(19)16-8-6-13-12(2)17-11-20-13/h11H,4-10H2,1-3H3,(H,16,19).